The molecule has 0 radical (unpaired) electrons. The van der Waals surface area contributed by atoms with Crippen LogP contribution in [-0.2, 0) is 42.7 Å². The summed E-state index contributed by atoms with van der Waals surface area (Å²) in [6, 6.07) is 0. The Kier molecular flexibility index (Phi) is 18.8. The molecule has 0 spiro atoms. The topological polar surface area (TPSA) is 394 Å². The number of ether oxygens (including phenoxy) is 8. The van der Waals surface area contributed by atoms with E-state index in [4.69, 9.17) is 37.9 Å². The van der Waals surface area contributed by atoms with E-state index in [0.29, 0.717) is 32.1 Å². The van der Waals surface area contributed by atoms with Crippen molar-refractivity contribution in [3.05, 3.63) is 11.6 Å². The highest BCUT2D eigenvalue weighted by Crippen LogP contribution is 2.74. The lowest BCUT2D eigenvalue weighted by Crippen LogP contribution is -2.64. The van der Waals surface area contributed by atoms with E-state index >= 15 is 4.79 Å². The maximum absolute atomic E-state index is 15.2. The molecule has 4 heterocycles. The van der Waals surface area contributed by atoms with E-state index in [1.807, 2.05) is 13.8 Å². The Bertz CT molecular complexity index is 2070. The second-order valence-electron chi connectivity index (χ2n) is 25.7. The summed E-state index contributed by atoms with van der Waals surface area (Å²) in [5, 5.41) is 158. The number of carbonyl (C=O) groups is 1. The average Bonchev–Trinajstić information content (AvgIpc) is 2.95. The van der Waals surface area contributed by atoms with Crippen LogP contribution < -0.4 is 0 Å². The molecule has 3 saturated carbocycles. The van der Waals surface area contributed by atoms with Gasteiger partial charge in [-0.3, -0.25) is 4.79 Å². The molecule has 78 heavy (non-hydrogen) atoms. The van der Waals surface area contributed by atoms with E-state index in [1.54, 1.807) is 13.8 Å². The summed E-state index contributed by atoms with van der Waals surface area (Å²) in [4.78, 5) is 15.2. The second-order valence-corrected chi connectivity index (χ2v) is 25.7. The molecular formula is C54H90O24. The van der Waals surface area contributed by atoms with Gasteiger partial charge in [0, 0.05) is 17.3 Å². The normalized spacial score (nSPS) is 50.5. The molecule has 24 nitrogen and oxygen atoms in total. The van der Waals surface area contributed by atoms with Gasteiger partial charge in [-0.2, -0.15) is 0 Å². The van der Waals surface area contributed by atoms with Gasteiger partial charge >= 0.3 is 0 Å². The third-order valence-electron chi connectivity index (χ3n) is 20.5. The fourth-order valence-electron chi connectivity index (χ4n) is 15.3. The van der Waals surface area contributed by atoms with Gasteiger partial charge in [-0.05, 0) is 93.3 Å². The van der Waals surface area contributed by atoms with E-state index in [0.717, 1.165) is 18.4 Å². The molecule has 0 amide bonds. The Balaban J connectivity index is 0.910. The summed E-state index contributed by atoms with van der Waals surface area (Å²) in [5.74, 6) is 0.195. The van der Waals surface area contributed by atoms with Crippen molar-refractivity contribution in [3.8, 4) is 0 Å². The van der Waals surface area contributed by atoms with E-state index in [1.165, 1.54) is 0 Å². The molecule has 0 aromatic rings. The van der Waals surface area contributed by atoms with Crippen molar-refractivity contribution in [2.75, 3.05) is 26.4 Å². The summed E-state index contributed by atoms with van der Waals surface area (Å²) in [6.45, 7) is 13.6. The van der Waals surface area contributed by atoms with Crippen LogP contribution in [0, 0.1) is 45.3 Å². The molecule has 450 valence electrons. The number of aliphatic hydroxyl groups is 15. The smallest absolute Gasteiger partial charge is 0.187 e. The van der Waals surface area contributed by atoms with Crippen LogP contribution >= 0.6 is 0 Å². The first-order chi connectivity index (χ1) is 36.4. The van der Waals surface area contributed by atoms with Gasteiger partial charge in [0.1, 0.15) is 103 Å². The third-order valence-corrected chi connectivity index (χ3v) is 20.5. The molecule has 24 heteroatoms. The lowest BCUT2D eigenvalue weighted by atomic mass is 9.38. The lowest BCUT2D eigenvalue weighted by molar-refractivity contribution is -0.341. The number of hydrogen-bond donors (Lipinski definition) is 15. The largest absolute Gasteiger partial charge is 0.394 e. The number of ketones is 1. The summed E-state index contributed by atoms with van der Waals surface area (Å²) < 4.78 is 46.8. The highest BCUT2D eigenvalue weighted by molar-refractivity contribution is 5.88. The number of rotatable bonds is 17. The van der Waals surface area contributed by atoms with Crippen LogP contribution in [0.4, 0.5) is 0 Å². The summed E-state index contributed by atoms with van der Waals surface area (Å²) >= 11 is 0. The molecule has 8 rings (SSSR count). The van der Waals surface area contributed by atoms with Crippen LogP contribution in [0.3, 0.4) is 0 Å². The molecule has 4 saturated heterocycles. The number of allylic oxidation sites excluding steroid dienone is 1. The van der Waals surface area contributed by atoms with E-state index in [-0.39, 0.29) is 41.3 Å². The van der Waals surface area contributed by atoms with Gasteiger partial charge in [-0.1, -0.05) is 53.2 Å². The molecule has 4 aliphatic carbocycles. The first-order valence-electron chi connectivity index (χ1n) is 27.9. The van der Waals surface area contributed by atoms with Gasteiger partial charge in [-0.15, -0.1) is 0 Å². The molecule has 0 bridgehead atoms. The molecule has 15 N–H and O–H groups in total. The van der Waals surface area contributed by atoms with Crippen molar-refractivity contribution < 1.29 is 119 Å². The van der Waals surface area contributed by atoms with Crippen LogP contribution in [0.1, 0.15) is 107 Å². The van der Waals surface area contributed by atoms with Crippen molar-refractivity contribution in [1.29, 1.82) is 0 Å². The van der Waals surface area contributed by atoms with E-state index in [2.05, 4.69) is 33.8 Å². The quantitative estimate of drug-likeness (QED) is 0.0645. The monoisotopic (exact) mass is 1120 g/mol. The Morgan fingerprint density at radius 3 is 1.56 bits per heavy atom. The zero-order valence-corrected chi connectivity index (χ0v) is 46.0. The van der Waals surface area contributed by atoms with Crippen LogP contribution in [0.2, 0.25) is 0 Å². The average molecular weight is 1120 g/mol. The summed E-state index contributed by atoms with van der Waals surface area (Å²) in [6.07, 6.45) is -26.3. The van der Waals surface area contributed by atoms with Gasteiger partial charge in [0.15, 0.2) is 25.2 Å². The first-order valence-corrected chi connectivity index (χ1v) is 27.9. The maximum atomic E-state index is 15.2. The fourth-order valence-corrected chi connectivity index (χ4v) is 15.3. The van der Waals surface area contributed by atoms with Crippen molar-refractivity contribution >= 4 is 5.78 Å². The van der Waals surface area contributed by atoms with Crippen molar-refractivity contribution in [2.45, 2.75) is 247 Å². The van der Waals surface area contributed by atoms with Crippen molar-refractivity contribution in [3.63, 3.8) is 0 Å². The fraction of sp³-hybridized carbons (Fsp3) is 0.944. The third kappa shape index (κ3) is 11.0. The molecule has 8 aliphatic rings. The van der Waals surface area contributed by atoms with Crippen LogP contribution in [0.15, 0.2) is 11.6 Å². The highest BCUT2D eigenvalue weighted by Gasteiger charge is 2.70. The zero-order chi connectivity index (χ0) is 57.5. The predicted octanol–water partition coefficient (Wildman–Crippen LogP) is -3.02. The van der Waals surface area contributed by atoms with Crippen LogP contribution in [0.5, 0.6) is 0 Å². The Morgan fingerprint density at radius 2 is 1.06 bits per heavy atom. The predicted molar refractivity (Wildman–Crippen MR) is 267 cm³/mol. The summed E-state index contributed by atoms with van der Waals surface area (Å²) in [7, 11) is 0. The molecule has 7 fully saturated rings. The molecule has 0 aromatic heterocycles. The van der Waals surface area contributed by atoms with Crippen molar-refractivity contribution in [1.82, 2.24) is 0 Å². The zero-order valence-electron chi connectivity index (χ0n) is 46.0. The number of aliphatic hydroxyl groups excluding tert-OH is 14. The van der Waals surface area contributed by atoms with Gasteiger partial charge in [-0.25, -0.2) is 0 Å². The number of Topliss-reactive ketones (excluding diaryl/α,β-unsaturated/α-hetero) is 1. The molecule has 29 atom stereocenters. The van der Waals surface area contributed by atoms with Crippen molar-refractivity contribution in [2.24, 2.45) is 45.3 Å². The van der Waals surface area contributed by atoms with Gasteiger partial charge in [0.25, 0.3) is 0 Å². The number of hydrogen-bond acceptors (Lipinski definition) is 24. The molecule has 5 unspecified atom stereocenters. The number of carbonyl (C=O) groups excluding carboxylic acids is 1. The van der Waals surface area contributed by atoms with Gasteiger partial charge in [0.2, 0.25) is 0 Å². The maximum Gasteiger partial charge on any atom is 0.187 e. The molecular weight excluding hydrogens is 1030 g/mol. The SMILES string of the molecule is CC(CC[C@@H](O[C@@H]1O[C@H](CO[C@@H]2O[C@H](CO)[C@@H](O)[C@H](O)[C@H]2O)[C@@H](O)[C@H](O)[C@H]1O)C(C)(C)O)C1CC[C@@]2(C)C3CC=C4C(CC[C@H](O[C@@H]5O[C@H](CO[C@@H]6O[C@H](CO)[C@@H](O)[C@H](O)[C@H]6O)[C@@H](O)[C@H](O)[C@H]5O)C4(C)C)[C@]3(C)C(=O)CC12C. The molecule has 0 aromatic carbocycles. The Labute approximate surface area is 454 Å². The van der Waals surface area contributed by atoms with E-state index in [9.17, 15) is 76.6 Å². The lowest BCUT2D eigenvalue weighted by Gasteiger charge is -2.65. The molecule has 4 aliphatic heterocycles. The van der Waals surface area contributed by atoms with Gasteiger partial charge < -0.3 is 114 Å². The van der Waals surface area contributed by atoms with E-state index < -0.39 is 183 Å². The van der Waals surface area contributed by atoms with Crippen LogP contribution in [-0.4, -0.2) is 249 Å². The first kappa shape index (κ1) is 62.5. The summed E-state index contributed by atoms with van der Waals surface area (Å²) in [5.41, 5.74) is -2.49. The minimum Gasteiger partial charge on any atom is -0.394 e. The van der Waals surface area contributed by atoms with Crippen LogP contribution in [0.25, 0.3) is 0 Å². The Hall–Kier alpha value is -1.51. The standard InChI is InChI=1S/C54H90O24/c1-22(9-13-33(51(4,5)70)78-49-45(69)41(65)37(61)29(76-49)21-72-47-43(67)39(63)35(59)27(19-56)74-47)23-15-16-52(6)30-12-10-24-25(54(30,8)31(57)17-53(23,52)7)11-14-32(50(24,2)3)77-48-44(68)40(64)36(60)28(75-48)20-71-46-42(66)38(62)34(58)26(18-55)73-46/h10,22-23,25-30,32-49,55-56,58-70H,9,11-21H2,1-8H3/t22?,23?,25?,26-,27-,28-,29-,30?,32+,33-,34-,35-,36-,37-,38+,39+,40+,41+,42-,43-,44-,45-,46-,47-,48+,49+,52+,53?,54+/m1/s1. The Morgan fingerprint density at radius 1 is 0.603 bits per heavy atom. The second kappa shape index (κ2) is 23.5. The van der Waals surface area contributed by atoms with Gasteiger partial charge in [0.05, 0.1) is 44.2 Å². The number of fused-ring (bicyclic) bond motifs is 5. The minimum atomic E-state index is -1.78. The minimum absolute atomic E-state index is 0.00290. The highest BCUT2D eigenvalue weighted by atomic mass is 16.7.